The molecule has 120 valence electrons. The predicted molar refractivity (Wildman–Crippen MR) is 93.1 cm³/mol. The number of sulfonamides is 1. The fraction of sp³-hybridized carbons (Fsp3) is 0.176. The van der Waals surface area contributed by atoms with Crippen LogP contribution in [0.2, 0.25) is 5.02 Å². The van der Waals surface area contributed by atoms with Gasteiger partial charge in [0.15, 0.2) is 0 Å². The van der Waals surface area contributed by atoms with E-state index < -0.39 is 10.0 Å². The van der Waals surface area contributed by atoms with Crippen LogP contribution >= 0.6 is 11.6 Å². The minimum Gasteiger partial charge on any atom is -0.361 e. The molecule has 3 aromatic rings. The summed E-state index contributed by atoms with van der Waals surface area (Å²) in [5.74, 6) is 0. The van der Waals surface area contributed by atoms with Crippen molar-refractivity contribution in [2.45, 2.75) is 24.2 Å². The predicted octanol–water partition coefficient (Wildman–Crippen LogP) is 3.64. The summed E-state index contributed by atoms with van der Waals surface area (Å²) in [5.41, 5.74) is 2.98. The van der Waals surface area contributed by atoms with E-state index in [1.807, 2.05) is 36.5 Å². The lowest BCUT2D eigenvalue weighted by Gasteiger charge is -2.07. The van der Waals surface area contributed by atoms with Crippen LogP contribution in [0.15, 0.2) is 53.6 Å². The zero-order chi connectivity index (χ0) is 16.4. The first-order chi connectivity index (χ1) is 10.9. The SMILES string of the molecule is NS(=O)(=O)c1ccccc1CCCc1c[nH]c2ccc(Cl)cc12. The van der Waals surface area contributed by atoms with Crippen LogP contribution in [0.5, 0.6) is 0 Å². The van der Waals surface area contributed by atoms with E-state index in [0.717, 1.165) is 29.3 Å². The lowest BCUT2D eigenvalue weighted by Crippen LogP contribution is -2.14. The van der Waals surface area contributed by atoms with Gasteiger partial charge in [0.25, 0.3) is 0 Å². The van der Waals surface area contributed by atoms with Gasteiger partial charge in [0.05, 0.1) is 4.90 Å². The summed E-state index contributed by atoms with van der Waals surface area (Å²) < 4.78 is 23.2. The molecule has 0 aliphatic carbocycles. The highest BCUT2D eigenvalue weighted by Gasteiger charge is 2.13. The molecule has 6 heteroatoms. The molecule has 0 atom stereocenters. The third-order valence-electron chi connectivity index (χ3n) is 3.90. The number of fused-ring (bicyclic) bond motifs is 1. The van der Waals surface area contributed by atoms with E-state index in [4.69, 9.17) is 16.7 Å². The van der Waals surface area contributed by atoms with Gasteiger partial charge in [-0.2, -0.15) is 0 Å². The number of aromatic nitrogens is 1. The van der Waals surface area contributed by atoms with Crippen molar-refractivity contribution in [2.24, 2.45) is 5.14 Å². The van der Waals surface area contributed by atoms with E-state index in [9.17, 15) is 8.42 Å². The van der Waals surface area contributed by atoms with Gasteiger partial charge in [-0.05, 0) is 54.7 Å². The van der Waals surface area contributed by atoms with Crippen LogP contribution in [0, 0.1) is 0 Å². The summed E-state index contributed by atoms with van der Waals surface area (Å²) in [6.45, 7) is 0. The maximum absolute atomic E-state index is 11.6. The normalized spacial score (nSPS) is 11.9. The fourth-order valence-corrected chi connectivity index (χ4v) is 3.79. The first-order valence-corrected chi connectivity index (χ1v) is 9.24. The Labute approximate surface area is 140 Å². The standard InChI is InChI=1S/C17H17ClN2O2S/c18-14-8-9-16-15(10-14)13(11-20-16)6-3-5-12-4-1-2-7-17(12)23(19,21)22/h1-2,4,7-11,20H,3,5-6H2,(H2,19,21,22). The van der Waals surface area contributed by atoms with Crippen molar-refractivity contribution in [2.75, 3.05) is 0 Å². The summed E-state index contributed by atoms with van der Waals surface area (Å²) in [5, 5.41) is 7.08. The molecule has 0 aliphatic heterocycles. The Morgan fingerprint density at radius 2 is 1.78 bits per heavy atom. The Morgan fingerprint density at radius 3 is 2.57 bits per heavy atom. The number of aromatic amines is 1. The van der Waals surface area contributed by atoms with Gasteiger partial charge < -0.3 is 4.98 Å². The first kappa shape index (κ1) is 16.1. The van der Waals surface area contributed by atoms with Gasteiger partial charge in [0, 0.05) is 22.1 Å². The molecule has 3 rings (SSSR count). The molecule has 0 radical (unpaired) electrons. The van der Waals surface area contributed by atoms with Gasteiger partial charge in [0.1, 0.15) is 0 Å². The van der Waals surface area contributed by atoms with Crippen LogP contribution < -0.4 is 5.14 Å². The van der Waals surface area contributed by atoms with E-state index in [2.05, 4.69) is 4.98 Å². The third kappa shape index (κ3) is 3.58. The van der Waals surface area contributed by atoms with Crippen LogP contribution in [0.3, 0.4) is 0 Å². The van der Waals surface area contributed by atoms with Crippen molar-refractivity contribution >= 4 is 32.5 Å². The molecule has 0 amide bonds. The Balaban J connectivity index is 1.76. The van der Waals surface area contributed by atoms with Gasteiger partial charge in [-0.1, -0.05) is 29.8 Å². The number of rotatable bonds is 5. The molecule has 2 aromatic carbocycles. The van der Waals surface area contributed by atoms with Crippen molar-refractivity contribution in [1.82, 2.24) is 4.98 Å². The summed E-state index contributed by atoms with van der Waals surface area (Å²) in [6, 6.07) is 12.6. The highest BCUT2D eigenvalue weighted by atomic mass is 35.5. The molecule has 0 spiro atoms. The Kier molecular flexibility index (Phi) is 4.43. The lowest BCUT2D eigenvalue weighted by atomic mass is 10.0. The van der Waals surface area contributed by atoms with Crippen LogP contribution in [-0.2, 0) is 22.9 Å². The average Bonchev–Trinajstić information content (AvgIpc) is 2.89. The quantitative estimate of drug-likeness (QED) is 0.738. The zero-order valence-corrected chi connectivity index (χ0v) is 14.0. The second-order valence-corrected chi connectivity index (χ2v) is 7.48. The molecular formula is C17H17ClN2O2S. The third-order valence-corrected chi connectivity index (χ3v) is 5.15. The summed E-state index contributed by atoms with van der Waals surface area (Å²) >= 11 is 6.05. The van der Waals surface area contributed by atoms with Crippen LogP contribution in [0.25, 0.3) is 10.9 Å². The number of benzene rings is 2. The van der Waals surface area contributed by atoms with Gasteiger partial charge in [-0.15, -0.1) is 0 Å². The number of H-pyrrole nitrogens is 1. The molecule has 0 unspecified atom stereocenters. The molecule has 0 bridgehead atoms. The number of hydrogen-bond acceptors (Lipinski definition) is 2. The molecule has 3 N–H and O–H groups in total. The Morgan fingerprint density at radius 1 is 1.04 bits per heavy atom. The second-order valence-electron chi connectivity index (χ2n) is 5.51. The largest absolute Gasteiger partial charge is 0.361 e. The second kappa shape index (κ2) is 6.35. The molecule has 1 aromatic heterocycles. The smallest absolute Gasteiger partial charge is 0.238 e. The maximum Gasteiger partial charge on any atom is 0.238 e. The topological polar surface area (TPSA) is 76.0 Å². The van der Waals surface area contributed by atoms with E-state index >= 15 is 0 Å². The van der Waals surface area contributed by atoms with Crippen LogP contribution in [0.1, 0.15) is 17.5 Å². The van der Waals surface area contributed by atoms with E-state index in [0.29, 0.717) is 11.4 Å². The molecule has 0 aliphatic rings. The monoisotopic (exact) mass is 348 g/mol. The van der Waals surface area contributed by atoms with E-state index in [-0.39, 0.29) is 4.90 Å². The number of nitrogens with one attached hydrogen (secondary N) is 1. The minimum atomic E-state index is -3.68. The molecular weight excluding hydrogens is 332 g/mol. The number of hydrogen-bond donors (Lipinski definition) is 2. The summed E-state index contributed by atoms with van der Waals surface area (Å²) in [6.07, 6.45) is 4.29. The van der Waals surface area contributed by atoms with Crippen molar-refractivity contribution < 1.29 is 8.42 Å². The van der Waals surface area contributed by atoms with Crippen molar-refractivity contribution in [3.05, 3.63) is 64.8 Å². The lowest BCUT2D eigenvalue weighted by molar-refractivity contribution is 0.596. The first-order valence-electron chi connectivity index (χ1n) is 7.31. The summed E-state index contributed by atoms with van der Waals surface area (Å²) in [7, 11) is -3.68. The highest BCUT2D eigenvalue weighted by Crippen LogP contribution is 2.24. The average molecular weight is 349 g/mol. The van der Waals surface area contributed by atoms with Gasteiger partial charge in [-0.3, -0.25) is 0 Å². The summed E-state index contributed by atoms with van der Waals surface area (Å²) in [4.78, 5) is 3.44. The maximum atomic E-state index is 11.6. The zero-order valence-electron chi connectivity index (χ0n) is 12.4. The molecule has 0 saturated carbocycles. The van der Waals surface area contributed by atoms with Crippen LogP contribution in [0.4, 0.5) is 0 Å². The minimum absolute atomic E-state index is 0.210. The molecule has 0 saturated heterocycles. The van der Waals surface area contributed by atoms with Gasteiger partial charge in [-0.25, -0.2) is 13.6 Å². The Hall–Kier alpha value is -1.82. The van der Waals surface area contributed by atoms with Crippen molar-refractivity contribution in [1.29, 1.82) is 0 Å². The molecule has 1 heterocycles. The molecule has 23 heavy (non-hydrogen) atoms. The molecule has 4 nitrogen and oxygen atoms in total. The Bertz CT molecular complexity index is 948. The number of aryl methyl sites for hydroxylation is 2. The van der Waals surface area contributed by atoms with E-state index in [1.165, 1.54) is 5.56 Å². The van der Waals surface area contributed by atoms with Gasteiger partial charge >= 0.3 is 0 Å². The highest BCUT2D eigenvalue weighted by molar-refractivity contribution is 7.89. The van der Waals surface area contributed by atoms with Crippen molar-refractivity contribution in [3.8, 4) is 0 Å². The van der Waals surface area contributed by atoms with E-state index in [1.54, 1.807) is 12.1 Å². The number of nitrogens with two attached hydrogens (primary N) is 1. The number of primary sulfonamides is 1. The van der Waals surface area contributed by atoms with Gasteiger partial charge in [0.2, 0.25) is 10.0 Å². The van der Waals surface area contributed by atoms with Crippen LogP contribution in [-0.4, -0.2) is 13.4 Å². The fourth-order valence-electron chi connectivity index (χ4n) is 2.81. The molecule has 0 fully saturated rings. The van der Waals surface area contributed by atoms with Crippen molar-refractivity contribution in [3.63, 3.8) is 0 Å². The number of halogens is 1.